The maximum atomic E-state index is 10.8. The molecule has 1 N–H and O–H groups in total. The van der Waals surface area contributed by atoms with Crippen molar-refractivity contribution in [3.63, 3.8) is 0 Å². The summed E-state index contributed by atoms with van der Waals surface area (Å²) < 4.78 is 1.98. The number of hydrogen-bond donors (Lipinski definition) is 1. The van der Waals surface area contributed by atoms with E-state index in [1.54, 1.807) is 30.5 Å². The van der Waals surface area contributed by atoms with Gasteiger partial charge in [-0.3, -0.25) is 25.7 Å². The van der Waals surface area contributed by atoms with Crippen LogP contribution in [0.1, 0.15) is 17.0 Å². The van der Waals surface area contributed by atoms with Crippen molar-refractivity contribution in [3.05, 3.63) is 91.8 Å². The van der Waals surface area contributed by atoms with Crippen molar-refractivity contribution >= 4 is 23.3 Å². The lowest BCUT2D eigenvalue weighted by atomic mass is 10.2. The largest absolute Gasteiger partial charge is 0.318 e. The van der Waals surface area contributed by atoms with E-state index in [-0.39, 0.29) is 11.4 Å². The van der Waals surface area contributed by atoms with Gasteiger partial charge in [-0.15, -0.1) is 0 Å². The van der Waals surface area contributed by atoms with Gasteiger partial charge in [0.05, 0.1) is 21.7 Å². The number of nitro groups is 2. The molecule has 3 rings (SSSR count). The second-order valence-electron chi connectivity index (χ2n) is 6.11. The number of rotatable bonds is 6. The summed E-state index contributed by atoms with van der Waals surface area (Å²) in [4.78, 5) is 20.6. The van der Waals surface area contributed by atoms with Crippen LogP contribution in [0.3, 0.4) is 0 Å². The van der Waals surface area contributed by atoms with Gasteiger partial charge < -0.3 is 4.57 Å². The Bertz CT molecular complexity index is 1050. The molecule has 0 unspecified atom stereocenters. The second kappa shape index (κ2) is 7.70. The predicted octanol–water partition coefficient (Wildman–Crippen LogP) is 4.36. The smallest absolute Gasteiger partial charge is 0.269 e. The quantitative estimate of drug-likeness (QED) is 0.388. The van der Waals surface area contributed by atoms with E-state index in [4.69, 9.17) is 0 Å². The van der Waals surface area contributed by atoms with E-state index >= 15 is 0 Å². The second-order valence-corrected chi connectivity index (χ2v) is 6.11. The van der Waals surface area contributed by atoms with Crippen LogP contribution >= 0.6 is 0 Å². The Kier molecular flexibility index (Phi) is 5.16. The van der Waals surface area contributed by atoms with Crippen LogP contribution in [0.15, 0.2) is 59.7 Å². The zero-order valence-electron chi connectivity index (χ0n) is 15.2. The van der Waals surface area contributed by atoms with Crippen LogP contribution in [-0.2, 0) is 0 Å². The Labute approximate surface area is 160 Å². The number of hydrazone groups is 1. The molecule has 1 aromatic heterocycles. The summed E-state index contributed by atoms with van der Waals surface area (Å²) in [7, 11) is 0. The monoisotopic (exact) mass is 379 g/mol. The lowest BCUT2D eigenvalue weighted by Crippen LogP contribution is -2.00. The summed E-state index contributed by atoms with van der Waals surface area (Å²) >= 11 is 0. The molecule has 0 fully saturated rings. The molecule has 28 heavy (non-hydrogen) atoms. The van der Waals surface area contributed by atoms with Crippen LogP contribution in [0.25, 0.3) is 5.69 Å². The number of nitrogens with zero attached hydrogens (tertiary/aromatic N) is 4. The van der Waals surface area contributed by atoms with E-state index < -0.39 is 9.85 Å². The first-order chi connectivity index (χ1) is 13.4. The number of nitrogens with one attached hydrogen (secondary N) is 1. The van der Waals surface area contributed by atoms with Gasteiger partial charge in [-0.05, 0) is 44.2 Å². The lowest BCUT2D eigenvalue weighted by molar-refractivity contribution is -0.385. The fourth-order valence-electron chi connectivity index (χ4n) is 2.87. The summed E-state index contributed by atoms with van der Waals surface area (Å²) in [6, 6.07) is 14.3. The number of hydrogen-bond acceptors (Lipinski definition) is 6. The Balaban J connectivity index is 1.78. The molecule has 0 saturated carbocycles. The Morgan fingerprint density at radius 2 is 1.46 bits per heavy atom. The Morgan fingerprint density at radius 3 is 2.00 bits per heavy atom. The third kappa shape index (κ3) is 3.88. The molecule has 0 atom stereocenters. The number of benzene rings is 2. The van der Waals surface area contributed by atoms with Gasteiger partial charge in [0.15, 0.2) is 0 Å². The molecule has 2 aromatic carbocycles. The molecule has 3 aromatic rings. The minimum absolute atomic E-state index is 0.0150. The Hall–Kier alpha value is -4.01. The van der Waals surface area contributed by atoms with Crippen LogP contribution in [0.5, 0.6) is 0 Å². The minimum Gasteiger partial charge on any atom is -0.318 e. The predicted molar refractivity (Wildman–Crippen MR) is 106 cm³/mol. The minimum atomic E-state index is -0.458. The fraction of sp³-hybridized carbons (Fsp3) is 0.105. The summed E-state index contributed by atoms with van der Waals surface area (Å²) in [6.45, 7) is 3.87. The SMILES string of the molecule is Cc1cc(/C=N/Nc2ccc([N+](=O)[O-])cc2)c(C)n1-c1ccc([N+](=O)[O-])cc1. The highest BCUT2D eigenvalue weighted by Gasteiger charge is 2.11. The highest BCUT2D eigenvalue weighted by atomic mass is 16.6. The van der Waals surface area contributed by atoms with Gasteiger partial charge in [-0.25, -0.2) is 0 Å². The Morgan fingerprint density at radius 1 is 0.929 bits per heavy atom. The first-order valence-corrected chi connectivity index (χ1v) is 8.34. The van der Waals surface area contributed by atoms with E-state index in [0.717, 1.165) is 22.6 Å². The van der Waals surface area contributed by atoms with Gasteiger partial charge in [-0.1, -0.05) is 0 Å². The zero-order chi connectivity index (χ0) is 20.3. The topological polar surface area (TPSA) is 116 Å². The number of aryl methyl sites for hydroxylation is 1. The molecule has 0 radical (unpaired) electrons. The molecule has 0 aliphatic heterocycles. The fourth-order valence-corrected chi connectivity index (χ4v) is 2.87. The average Bonchev–Trinajstić information content (AvgIpc) is 2.95. The van der Waals surface area contributed by atoms with E-state index in [1.807, 2.05) is 24.5 Å². The molecule has 0 spiro atoms. The lowest BCUT2D eigenvalue weighted by Gasteiger charge is -2.09. The molecule has 0 saturated heterocycles. The summed E-state index contributed by atoms with van der Waals surface area (Å²) in [5, 5.41) is 25.7. The van der Waals surface area contributed by atoms with Crippen molar-refractivity contribution in [2.24, 2.45) is 5.10 Å². The van der Waals surface area contributed by atoms with Crippen LogP contribution in [0, 0.1) is 34.1 Å². The first kappa shape index (κ1) is 18.8. The highest BCUT2D eigenvalue weighted by molar-refractivity contribution is 5.82. The van der Waals surface area contributed by atoms with Crippen molar-refractivity contribution in [1.82, 2.24) is 4.57 Å². The van der Waals surface area contributed by atoms with Crippen LogP contribution in [0.4, 0.5) is 17.1 Å². The number of nitro benzene ring substituents is 2. The van der Waals surface area contributed by atoms with Crippen molar-refractivity contribution in [2.75, 3.05) is 5.43 Å². The number of non-ortho nitro benzene ring substituents is 2. The van der Waals surface area contributed by atoms with Gasteiger partial charge in [0.1, 0.15) is 0 Å². The maximum absolute atomic E-state index is 10.8. The van der Waals surface area contributed by atoms with E-state index in [1.165, 1.54) is 24.3 Å². The molecule has 9 heteroatoms. The first-order valence-electron chi connectivity index (χ1n) is 8.34. The van der Waals surface area contributed by atoms with Gasteiger partial charge in [-0.2, -0.15) is 5.10 Å². The molecule has 0 amide bonds. The number of aromatic nitrogens is 1. The van der Waals surface area contributed by atoms with Crippen LogP contribution in [-0.4, -0.2) is 20.6 Å². The molecular formula is C19H17N5O4. The van der Waals surface area contributed by atoms with Crippen molar-refractivity contribution < 1.29 is 9.85 Å². The van der Waals surface area contributed by atoms with Gasteiger partial charge in [0.2, 0.25) is 0 Å². The van der Waals surface area contributed by atoms with Crippen molar-refractivity contribution in [2.45, 2.75) is 13.8 Å². The van der Waals surface area contributed by atoms with E-state index in [0.29, 0.717) is 5.69 Å². The van der Waals surface area contributed by atoms with Crippen molar-refractivity contribution in [1.29, 1.82) is 0 Å². The summed E-state index contributed by atoms with van der Waals surface area (Å²) in [5.41, 5.74) is 7.12. The van der Waals surface area contributed by atoms with E-state index in [2.05, 4.69) is 10.5 Å². The third-order valence-corrected chi connectivity index (χ3v) is 4.26. The molecule has 0 aliphatic carbocycles. The summed E-state index contributed by atoms with van der Waals surface area (Å²) in [5.74, 6) is 0. The molecular weight excluding hydrogens is 362 g/mol. The van der Waals surface area contributed by atoms with Gasteiger partial charge in [0, 0.05) is 46.9 Å². The maximum Gasteiger partial charge on any atom is 0.269 e. The summed E-state index contributed by atoms with van der Waals surface area (Å²) in [6.07, 6.45) is 1.66. The normalized spacial score (nSPS) is 10.9. The van der Waals surface area contributed by atoms with Crippen LogP contribution < -0.4 is 5.43 Å². The van der Waals surface area contributed by atoms with E-state index in [9.17, 15) is 20.2 Å². The number of anilines is 1. The average molecular weight is 379 g/mol. The molecule has 9 nitrogen and oxygen atoms in total. The van der Waals surface area contributed by atoms with Gasteiger partial charge in [0.25, 0.3) is 11.4 Å². The molecule has 0 aliphatic rings. The molecule has 0 bridgehead atoms. The van der Waals surface area contributed by atoms with Gasteiger partial charge >= 0.3 is 0 Å². The molecule has 142 valence electrons. The standard InChI is InChI=1S/C19H17N5O4/c1-13-11-15(12-20-21-16-3-5-18(6-4-16)23(25)26)14(2)22(13)17-7-9-19(10-8-17)24(27)28/h3-12,21H,1-2H3/b20-12+. The highest BCUT2D eigenvalue weighted by Crippen LogP contribution is 2.22. The van der Waals surface area contributed by atoms with Crippen LogP contribution in [0.2, 0.25) is 0 Å². The molecule has 1 heterocycles. The zero-order valence-corrected chi connectivity index (χ0v) is 15.2. The van der Waals surface area contributed by atoms with Crippen molar-refractivity contribution in [3.8, 4) is 5.69 Å². The third-order valence-electron chi connectivity index (χ3n) is 4.26.